The number of benzene rings is 2. The molecule has 3 aromatic rings. The summed E-state index contributed by atoms with van der Waals surface area (Å²) < 4.78 is 0. The number of carbonyl (C=O) groups is 1. The fourth-order valence-corrected chi connectivity index (χ4v) is 6.52. The van der Waals surface area contributed by atoms with Crippen LogP contribution in [0.2, 0.25) is 0 Å². The monoisotopic (exact) mass is 570 g/mol. The molecule has 10 heteroatoms. The van der Waals surface area contributed by atoms with Gasteiger partial charge in [-0.1, -0.05) is 44.5 Å². The Morgan fingerprint density at radius 1 is 1.15 bits per heavy atom. The van der Waals surface area contributed by atoms with E-state index in [9.17, 15) is 9.69 Å². The predicted molar refractivity (Wildman–Crippen MR) is 158 cm³/mol. The van der Waals surface area contributed by atoms with Crippen LogP contribution in [0.15, 0.2) is 54.6 Å². The molecule has 2 unspecified atom stereocenters. The van der Waals surface area contributed by atoms with Gasteiger partial charge in [0.2, 0.25) is 0 Å². The summed E-state index contributed by atoms with van der Waals surface area (Å²) in [4.78, 5) is 27.4. The molecule has 1 amide bonds. The summed E-state index contributed by atoms with van der Waals surface area (Å²) in [5.41, 5.74) is 4.62. The van der Waals surface area contributed by atoms with E-state index in [1.807, 2.05) is 48.3 Å². The maximum absolute atomic E-state index is 13.3. The Balaban J connectivity index is 1.36. The lowest BCUT2D eigenvalue weighted by Crippen LogP contribution is -2.54. The van der Waals surface area contributed by atoms with Crippen molar-refractivity contribution in [2.45, 2.75) is 52.6 Å². The second kappa shape index (κ2) is 13.3. The van der Waals surface area contributed by atoms with Crippen LogP contribution >= 0.6 is 19.6 Å². The van der Waals surface area contributed by atoms with Crippen molar-refractivity contribution in [2.75, 3.05) is 24.7 Å². The Kier molecular flexibility index (Phi) is 10.1. The van der Waals surface area contributed by atoms with E-state index in [2.05, 4.69) is 60.9 Å². The van der Waals surface area contributed by atoms with Gasteiger partial charge >= 0.3 is 0 Å². The number of aryl methyl sites for hydroxylation is 1. The molecule has 0 bridgehead atoms. The SMILES string of the molecule is CC[C@@H](C)Cc1ccc(-c2cccc(C(C)NC(=O)c3cc(NC4CN(CP(O)N(O)O)C4)ccc3C)c2)s1. The Labute approximate surface area is 236 Å². The molecule has 2 aromatic carbocycles. The number of anilines is 1. The minimum Gasteiger partial charge on any atom is -0.380 e. The smallest absolute Gasteiger partial charge is 0.252 e. The van der Waals surface area contributed by atoms with Crippen LogP contribution in [0.25, 0.3) is 10.4 Å². The minimum absolute atomic E-state index is 0.117. The summed E-state index contributed by atoms with van der Waals surface area (Å²) in [5.74, 6) is 0.562. The number of hydrogen-bond donors (Lipinski definition) is 5. The van der Waals surface area contributed by atoms with Gasteiger partial charge in [0.15, 0.2) is 8.30 Å². The van der Waals surface area contributed by atoms with Gasteiger partial charge in [-0.05, 0) is 78.2 Å². The molecular weight excluding hydrogens is 531 g/mol. The first kappa shape index (κ1) is 29.6. The molecule has 210 valence electrons. The van der Waals surface area contributed by atoms with Gasteiger partial charge in [0.25, 0.3) is 5.91 Å². The largest absolute Gasteiger partial charge is 0.380 e. The first-order valence-corrected chi connectivity index (χ1v) is 15.6. The number of rotatable bonds is 12. The summed E-state index contributed by atoms with van der Waals surface area (Å²) in [6, 6.07) is 18.6. The van der Waals surface area contributed by atoms with Gasteiger partial charge in [-0.3, -0.25) is 20.1 Å². The fraction of sp³-hybridized carbons (Fsp3) is 0.414. The normalized spacial score (nSPS) is 16.5. The predicted octanol–water partition coefficient (Wildman–Crippen LogP) is 6.24. The standard InChI is InChI=1S/C29H39N4O4PS/c1-5-19(2)13-26-11-12-28(39-26)23-8-6-7-22(14-23)21(4)30-29(34)27-15-24(10-9-20(27)3)31-25-16-32(17-25)18-38(37)33(35)36/h6-12,14-15,19,21,25,31,35-37H,5,13,16-18H2,1-4H3,(H,30,34)/t19-,21?,38?/m1/s1. The van der Waals surface area contributed by atoms with Crippen molar-refractivity contribution < 1.29 is 20.1 Å². The molecule has 2 heterocycles. The van der Waals surface area contributed by atoms with Gasteiger partial charge in [-0.25, -0.2) is 0 Å². The molecule has 5 N–H and O–H groups in total. The third-order valence-corrected chi connectivity index (χ3v) is 9.49. The quantitative estimate of drug-likeness (QED) is 0.130. The van der Waals surface area contributed by atoms with Crippen molar-refractivity contribution >= 4 is 31.2 Å². The molecule has 1 aromatic heterocycles. The van der Waals surface area contributed by atoms with Crippen LogP contribution in [0.4, 0.5) is 5.69 Å². The lowest BCUT2D eigenvalue weighted by Gasteiger charge is -2.40. The van der Waals surface area contributed by atoms with E-state index in [1.165, 1.54) is 21.7 Å². The van der Waals surface area contributed by atoms with Gasteiger partial charge in [0, 0.05) is 34.1 Å². The van der Waals surface area contributed by atoms with Crippen LogP contribution in [0.5, 0.6) is 0 Å². The Morgan fingerprint density at radius 3 is 2.64 bits per heavy atom. The van der Waals surface area contributed by atoms with E-state index < -0.39 is 8.30 Å². The van der Waals surface area contributed by atoms with E-state index in [0.29, 0.717) is 24.6 Å². The molecule has 0 aliphatic carbocycles. The van der Waals surface area contributed by atoms with Gasteiger partial charge < -0.3 is 15.5 Å². The molecule has 1 aliphatic rings. The second-order valence-corrected chi connectivity index (χ2v) is 13.0. The topological polar surface area (TPSA) is 108 Å². The Hall–Kier alpha value is -2.36. The number of thiophene rings is 1. The Bertz CT molecular complexity index is 1260. The van der Waals surface area contributed by atoms with Crippen LogP contribution in [-0.4, -0.2) is 56.5 Å². The van der Waals surface area contributed by atoms with E-state index in [4.69, 9.17) is 10.4 Å². The van der Waals surface area contributed by atoms with Crippen LogP contribution < -0.4 is 10.6 Å². The molecule has 4 rings (SSSR count). The van der Waals surface area contributed by atoms with E-state index in [-0.39, 0.29) is 29.3 Å². The van der Waals surface area contributed by atoms with Crippen molar-refractivity contribution in [1.29, 1.82) is 0 Å². The molecule has 0 radical (unpaired) electrons. The first-order chi connectivity index (χ1) is 18.6. The van der Waals surface area contributed by atoms with Crippen molar-refractivity contribution in [2.24, 2.45) is 5.92 Å². The number of hydrogen-bond acceptors (Lipinski definition) is 8. The molecule has 39 heavy (non-hydrogen) atoms. The van der Waals surface area contributed by atoms with Crippen LogP contribution in [-0.2, 0) is 6.42 Å². The number of amides is 1. The second-order valence-electron chi connectivity index (χ2n) is 10.5. The summed E-state index contributed by atoms with van der Waals surface area (Å²) in [7, 11) is -1.99. The van der Waals surface area contributed by atoms with Crippen LogP contribution in [0, 0.1) is 12.8 Å². The fourth-order valence-electron chi connectivity index (χ4n) is 4.65. The van der Waals surface area contributed by atoms with Crippen LogP contribution in [0.3, 0.4) is 0 Å². The summed E-state index contributed by atoms with van der Waals surface area (Å²) in [5, 5.41) is 24.4. The summed E-state index contributed by atoms with van der Waals surface area (Å²) in [6.45, 7) is 9.80. The lowest BCUT2D eigenvalue weighted by atomic mass is 10.0. The summed E-state index contributed by atoms with van der Waals surface area (Å²) in [6.07, 6.45) is 2.49. The maximum Gasteiger partial charge on any atom is 0.252 e. The molecule has 8 nitrogen and oxygen atoms in total. The van der Waals surface area contributed by atoms with Crippen molar-refractivity contribution in [3.8, 4) is 10.4 Å². The number of nitrogens with zero attached hydrogens (tertiary/aromatic N) is 2. The highest BCUT2D eigenvalue weighted by molar-refractivity contribution is 7.48. The van der Waals surface area contributed by atoms with Crippen molar-refractivity contribution in [3.05, 3.63) is 76.2 Å². The summed E-state index contributed by atoms with van der Waals surface area (Å²) >= 11 is 1.85. The highest BCUT2D eigenvalue weighted by Gasteiger charge is 2.30. The van der Waals surface area contributed by atoms with Crippen molar-refractivity contribution in [1.82, 2.24) is 15.2 Å². The molecule has 1 fully saturated rings. The third-order valence-electron chi connectivity index (χ3n) is 7.27. The number of likely N-dealkylation sites (tertiary alicyclic amines) is 1. The van der Waals surface area contributed by atoms with E-state index >= 15 is 0 Å². The average molecular weight is 571 g/mol. The molecule has 0 saturated carbocycles. The van der Waals surface area contributed by atoms with Gasteiger partial charge in [-0.2, -0.15) is 0 Å². The van der Waals surface area contributed by atoms with Gasteiger partial charge in [-0.15, -0.1) is 11.3 Å². The molecule has 3 atom stereocenters. The van der Waals surface area contributed by atoms with Gasteiger partial charge in [0.05, 0.1) is 18.4 Å². The highest BCUT2D eigenvalue weighted by Crippen LogP contribution is 2.34. The number of nitrogens with one attached hydrogen (secondary N) is 2. The third kappa shape index (κ3) is 7.86. The first-order valence-electron chi connectivity index (χ1n) is 13.4. The molecular formula is C29H39N4O4PS. The van der Waals surface area contributed by atoms with E-state index in [1.54, 1.807) is 0 Å². The zero-order valence-corrected chi connectivity index (χ0v) is 24.7. The molecule has 1 saturated heterocycles. The van der Waals surface area contributed by atoms with E-state index in [0.717, 1.165) is 23.2 Å². The average Bonchev–Trinajstić information content (AvgIpc) is 3.36. The zero-order chi connectivity index (χ0) is 28.1. The van der Waals surface area contributed by atoms with Gasteiger partial charge in [0.1, 0.15) is 0 Å². The zero-order valence-electron chi connectivity index (χ0n) is 23.0. The maximum atomic E-state index is 13.3. The molecule has 1 aliphatic heterocycles. The van der Waals surface area contributed by atoms with Crippen molar-refractivity contribution in [3.63, 3.8) is 0 Å². The molecule has 0 spiro atoms. The Morgan fingerprint density at radius 2 is 1.92 bits per heavy atom. The highest BCUT2D eigenvalue weighted by atomic mass is 32.1. The number of carbonyl (C=O) groups excluding carboxylic acids is 1. The minimum atomic E-state index is -1.99. The van der Waals surface area contributed by atoms with Crippen LogP contribution in [0.1, 0.15) is 59.6 Å². The lowest BCUT2D eigenvalue weighted by molar-refractivity contribution is -0.230.